The second kappa shape index (κ2) is 10.6. The first-order valence-electron chi connectivity index (χ1n) is 12.3. The van der Waals surface area contributed by atoms with E-state index in [-0.39, 0.29) is 18.1 Å². The quantitative estimate of drug-likeness (QED) is 0.500. The molecule has 0 aliphatic carbocycles. The summed E-state index contributed by atoms with van der Waals surface area (Å²) in [7, 11) is 0. The summed E-state index contributed by atoms with van der Waals surface area (Å²) in [6.45, 7) is 3.53. The van der Waals surface area contributed by atoms with E-state index in [2.05, 4.69) is 69.7 Å². The van der Waals surface area contributed by atoms with Crippen LogP contribution in [0.4, 0.5) is 4.79 Å². The first-order valence-corrected chi connectivity index (χ1v) is 12.7. The molecule has 3 aromatic carbocycles. The average molecular weight is 474 g/mol. The van der Waals surface area contributed by atoms with Crippen molar-refractivity contribution in [1.29, 1.82) is 0 Å². The molecule has 5 heteroatoms. The summed E-state index contributed by atoms with van der Waals surface area (Å²) < 4.78 is 0. The van der Waals surface area contributed by atoms with E-state index >= 15 is 0 Å². The van der Waals surface area contributed by atoms with E-state index < -0.39 is 0 Å². The minimum absolute atomic E-state index is 0.0545. The van der Waals surface area contributed by atoms with Gasteiger partial charge in [-0.15, -0.1) is 0 Å². The van der Waals surface area contributed by atoms with Crippen LogP contribution in [-0.4, -0.2) is 41.5 Å². The predicted molar refractivity (Wildman–Crippen MR) is 138 cm³/mol. The Labute approximate surface area is 207 Å². The lowest BCUT2D eigenvalue weighted by atomic mass is 9.89. The Kier molecular flexibility index (Phi) is 7.17. The highest BCUT2D eigenvalue weighted by Crippen LogP contribution is 2.36. The summed E-state index contributed by atoms with van der Waals surface area (Å²) in [6, 6.07) is 27.5. The molecular weight excluding hydrogens is 442 g/mol. The smallest absolute Gasteiger partial charge is 0.318 e. The lowest BCUT2D eigenvalue weighted by molar-refractivity contribution is 0.101. The molecule has 1 atom stereocenters. The molecule has 4 nitrogen and oxygen atoms in total. The number of hydrogen-bond donors (Lipinski definition) is 1. The van der Waals surface area contributed by atoms with Crippen molar-refractivity contribution in [2.24, 2.45) is 0 Å². The Morgan fingerprint density at radius 2 is 1.68 bits per heavy atom. The van der Waals surface area contributed by atoms with Gasteiger partial charge in [-0.05, 0) is 60.1 Å². The lowest BCUT2D eigenvalue weighted by Gasteiger charge is -2.43. The minimum Gasteiger partial charge on any atom is -0.338 e. The highest BCUT2D eigenvalue weighted by molar-refractivity contribution is 6.30. The predicted octanol–water partition coefficient (Wildman–Crippen LogP) is 6.05. The SMILES string of the molecule is O=C1NCCCc2ccccc2C(c2ccccc2)N1C1CCN(Cc2cccc(Cl)c2)CC1. The summed E-state index contributed by atoms with van der Waals surface area (Å²) >= 11 is 6.19. The van der Waals surface area contributed by atoms with Gasteiger partial charge in [-0.2, -0.15) is 0 Å². The van der Waals surface area contributed by atoms with Gasteiger partial charge in [-0.3, -0.25) is 4.90 Å². The molecule has 0 aromatic heterocycles. The number of nitrogens with one attached hydrogen (secondary N) is 1. The van der Waals surface area contributed by atoms with E-state index in [1.54, 1.807) is 0 Å². The van der Waals surface area contributed by atoms with Crippen molar-refractivity contribution >= 4 is 17.6 Å². The molecule has 2 amide bonds. The topological polar surface area (TPSA) is 35.6 Å². The van der Waals surface area contributed by atoms with Crippen LogP contribution in [0.25, 0.3) is 0 Å². The van der Waals surface area contributed by atoms with Gasteiger partial charge in [-0.1, -0.05) is 78.3 Å². The van der Waals surface area contributed by atoms with E-state index in [0.29, 0.717) is 6.54 Å². The molecule has 5 rings (SSSR count). The fourth-order valence-electron chi connectivity index (χ4n) is 5.46. The molecular formula is C29H32ClN3O. The molecule has 2 aliphatic rings. The van der Waals surface area contributed by atoms with Gasteiger partial charge in [0.15, 0.2) is 0 Å². The third kappa shape index (κ3) is 5.13. The summed E-state index contributed by atoms with van der Waals surface area (Å²) in [5.41, 5.74) is 5.01. The summed E-state index contributed by atoms with van der Waals surface area (Å²) in [5, 5.41) is 4.01. The zero-order valence-electron chi connectivity index (χ0n) is 19.5. The van der Waals surface area contributed by atoms with Gasteiger partial charge < -0.3 is 10.2 Å². The van der Waals surface area contributed by atoms with Crippen LogP contribution in [0.3, 0.4) is 0 Å². The molecule has 0 bridgehead atoms. The van der Waals surface area contributed by atoms with Crippen LogP contribution in [0.15, 0.2) is 78.9 Å². The Morgan fingerprint density at radius 1 is 0.912 bits per heavy atom. The van der Waals surface area contributed by atoms with E-state index in [0.717, 1.165) is 50.3 Å². The number of amides is 2. The van der Waals surface area contributed by atoms with Crippen molar-refractivity contribution in [1.82, 2.24) is 15.1 Å². The number of fused-ring (bicyclic) bond motifs is 1. The molecule has 2 aliphatic heterocycles. The molecule has 176 valence electrons. The monoisotopic (exact) mass is 473 g/mol. The van der Waals surface area contributed by atoms with E-state index in [9.17, 15) is 4.79 Å². The fraction of sp³-hybridized carbons (Fsp3) is 0.345. The zero-order valence-corrected chi connectivity index (χ0v) is 20.3. The van der Waals surface area contributed by atoms with Gasteiger partial charge >= 0.3 is 6.03 Å². The third-order valence-corrected chi connectivity index (χ3v) is 7.36. The lowest BCUT2D eigenvalue weighted by Crippen LogP contribution is -2.52. The standard InChI is InChI=1S/C29H32ClN3O/c30-25-13-6-8-22(20-25)21-32-18-15-26(16-19-32)33-28(24-10-2-1-3-11-24)27-14-5-4-9-23(27)12-7-17-31-29(33)34/h1-6,8-11,13-14,20,26,28H,7,12,15-19,21H2,(H,31,34). The zero-order chi connectivity index (χ0) is 23.3. The van der Waals surface area contributed by atoms with Crippen molar-refractivity contribution in [3.63, 3.8) is 0 Å². The molecule has 34 heavy (non-hydrogen) atoms. The maximum absolute atomic E-state index is 13.6. The van der Waals surface area contributed by atoms with Crippen molar-refractivity contribution in [3.05, 3.63) is 106 Å². The Bertz CT molecular complexity index is 1110. The second-order valence-corrected chi connectivity index (χ2v) is 9.83. The van der Waals surface area contributed by atoms with E-state index in [1.165, 1.54) is 22.3 Å². The van der Waals surface area contributed by atoms with Crippen LogP contribution >= 0.6 is 11.6 Å². The number of urea groups is 1. The van der Waals surface area contributed by atoms with Gasteiger partial charge in [0.1, 0.15) is 0 Å². The Balaban J connectivity index is 1.43. The van der Waals surface area contributed by atoms with E-state index in [1.807, 2.05) is 24.3 Å². The number of halogens is 1. The number of rotatable bonds is 4. The van der Waals surface area contributed by atoms with Gasteiger partial charge in [-0.25, -0.2) is 4.79 Å². The van der Waals surface area contributed by atoms with Crippen LogP contribution in [0.2, 0.25) is 5.02 Å². The summed E-state index contributed by atoms with van der Waals surface area (Å²) in [6.07, 6.45) is 3.85. The number of nitrogens with zero attached hydrogens (tertiary/aromatic N) is 2. The molecule has 1 fully saturated rings. The number of likely N-dealkylation sites (tertiary alicyclic amines) is 1. The molecule has 1 saturated heterocycles. The molecule has 0 radical (unpaired) electrons. The van der Waals surface area contributed by atoms with Gasteiger partial charge in [0.25, 0.3) is 0 Å². The first kappa shape index (κ1) is 22.9. The molecule has 1 unspecified atom stereocenters. The number of aryl methyl sites for hydroxylation is 1. The largest absolute Gasteiger partial charge is 0.338 e. The normalized spacial score (nSPS) is 20.1. The van der Waals surface area contributed by atoms with Crippen LogP contribution < -0.4 is 5.32 Å². The number of carbonyl (C=O) groups is 1. The Hall–Kier alpha value is -2.82. The highest BCUT2D eigenvalue weighted by atomic mass is 35.5. The van der Waals surface area contributed by atoms with Gasteiger partial charge in [0, 0.05) is 37.2 Å². The molecule has 0 saturated carbocycles. The van der Waals surface area contributed by atoms with Crippen molar-refractivity contribution in [3.8, 4) is 0 Å². The molecule has 3 aromatic rings. The van der Waals surface area contributed by atoms with Gasteiger partial charge in [0.05, 0.1) is 6.04 Å². The molecule has 1 N–H and O–H groups in total. The van der Waals surface area contributed by atoms with Crippen molar-refractivity contribution < 1.29 is 4.79 Å². The van der Waals surface area contributed by atoms with E-state index in [4.69, 9.17) is 11.6 Å². The van der Waals surface area contributed by atoms with Crippen molar-refractivity contribution in [2.75, 3.05) is 19.6 Å². The maximum atomic E-state index is 13.6. The van der Waals surface area contributed by atoms with Crippen LogP contribution in [0.1, 0.15) is 47.6 Å². The first-order chi connectivity index (χ1) is 16.7. The Morgan fingerprint density at radius 3 is 2.47 bits per heavy atom. The number of benzene rings is 3. The van der Waals surface area contributed by atoms with Gasteiger partial charge in [0.2, 0.25) is 0 Å². The third-order valence-electron chi connectivity index (χ3n) is 7.12. The van der Waals surface area contributed by atoms with Crippen LogP contribution in [0.5, 0.6) is 0 Å². The number of carbonyl (C=O) groups excluding carboxylic acids is 1. The number of piperidine rings is 1. The second-order valence-electron chi connectivity index (χ2n) is 9.39. The minimum atomic E-state index is -0.0834. The summed E-state index contributed by atoms with van der Waals surface area (Å²) in [5.74, 6) is 0. The average Bonchev–Trinajstić information content (AvgIpc) is 2.93. The maximum Gasteiger partial charge on any atom is 0.318 e. The van der Waals surface area contributed by atoms with Crippen LogP contribution in [0, 0.1) is 0 Å². The van der Waals surface area contributed by atoms with Crippen molar-refractivity contribution in [2.45, 2.75) is 44.3 Å². The summed E-state index contributed by atoms with van der Waals surface area (Å²) in [4.78, 5) is 18.2. The number of hydrogen-bond acceptors (Lipinski definition) is 2. The molecule has 2 heterocycles. The highest BCUT2D eigenvalue weighted by Gasteiger charge is 2.36. The fourth-order valence-corrected chi connectivity index (χ4v) is 5.68. The van der Waals surface area contributed by atoms with Crippen LogP contribution in [-0.2, 0) is 13.0 Å². The molecule has 0 spiro atoms.